The van der Waals surface area contributed by atoms with Crippen molar-refractivity contribution in [3.8, 4) is 0 Å². The molecule has 1 aromatic rings. The van der Waals surface area contributed by atoms with Crippen LogP contribution in [0.25, 0.3) is 0 Å². The van der Waals surface area contributed by atoms with Crippen LogP contribution in [0, 0.1) is 0 Å². The quantitative estimate of drug-likeness (QED) is 0.731. The molecular weight excluding hydrogens is 386 g/mol. The summed E-state index contributed by atoms with van der Waals surface area (Å²) in [6.45, 7) is 3.68. The van der Waals surface area contributed by atoms with E-state index in [-0.39, 0.29) is 18.5 Å². The average Bonchev–Trinajstić information content (AvgIpc) is 2.65. The molecule has 4 nitrogen and oxygen atoms in total. The molecule has 0 N–H and O–H groups in total. The summed E-state index contributed by atoms with van der Waals surface area (Å²) in [5.41, 5.74) is 0. The van der Waals surface area contributed by atoms with Crippen LogP contribution in [0.2, 0.25) is 0 Å². The summed E-state index contributed by atoms with van der Waals surface area (Å²) in [6.07, 6.45) is 0. The first-order chi connectivity index (χ1) is 8.36. The number of thiophene rings is 1. The van der Waals surface area contributed by atoms with Crippen molar-refractivity contribution in [2.24, 2.45) is 0 Å². The fourth-order valence-electron chi connectivity index (χ4n) is 1.29. The Bertz CT molecular complexity index is 440. The summed E-state index contributed by atoms with van der Waals surface area (Å²) < 4.78 is 6.28. The van der Waals surface area contributed by atoms with Crippen LogP contribution in [0.1, 0.15) is 23.5 Å². The summed E-state index contributed by atoms with van der Waals surface area (Å²) in [7, 11) is 1.31. The molecule has 0 unspecified atom stereocenters. The largest absolute Gasteiger partial charge is 0.468 e. The highest BCUT2D eigenvalue weighted by Gasteiger charge is 2.24. The first-order valence-electron chi connectivity index (χ1n) is 5.19. The second-order valence-electron chi connectivity index (χ2n) is 3.84. The minimum Gasteiger partial charge on any atom is -0.468 e. The Kier molecular flexibility index (Phi) is 5.81. The number of ether oxygens (including phenoxy) is 1. The first kappa shape index (κ1) is 15.7. The molecule has 18 heavy (non-hydrogen) atoms. The number of rotatable bonds is 4. The van der Waals surface area contributed by atoms with Gasteiger partial charge in [-0.3, -0.25) is 9.59 Å². The van der Waals surface area contributed by atoms with E-state index in [4.69, 9.17) is 0 Å². The van der Waals surface area contributed by atoms with Crippen LogP contribution >= 0.6 is 43.2 Å². The third-order valence-corrected chi connectivity index (χ3v) is 5.51. The zero-order valence-electron chi connectivity index (χ0n) is 10.2. The molecular formula is C11H13Br2NO3S. The van der Waals surface area contributed by atoms with E-state index in [0.717, 1.165) is 8.26 Å². The summed E-state index contributed by atoms with van der Waals surface area (Å²) >= 11 is 8.01. The molecule has 1 amide bonds. The second-order valence-corrected chi connectivity index (χ2v) is 7.06. The van der Waals surface area contributed by atoms with E-state index < -0.39 is 5.97 Å². The molecule has 0 atom stereocenters. The number of nitrogens with zero attached hydrogens (tertiary/aromatic N) is 1. The van der Waals surface area contributed by atoms with Crippen LogP contribution < -0.4 is 0 Å². The number of methoxy groups -OCH3 is 1. The Hall–Kier alpha value is -0.400. The molecule has 1 rings (SSSR count). The summed E-state index contributed by atoms with van der Waals surface area (Å²) in [5, 5.41) is 0. The van der Waals surface area contributed by atoms with Crippen LogP contribution in [-0.4, -0.2) is 36.5 Å². The minimum atomic E-state index is -0.424. The number of hydrogen-bond donors (Lipinski definition) is 0. The fourth-order valence-corrected chi connectivity index (χ4v) is 3.28. The van der Waals surface area contributed by atoms with Crippen LogP contribution in [-0.2, 0) is 9.53 Å². The molecule has 0 spiro atoms. The molecule has 0 saturated heterocycles. The van der Waals surface area contributed by atoms with Gasteiger partial charge in [0.1, 0.15) is 6.54 Å². The number of hydrogen-bond acceptors (Lipinski definition) is 4. The number of carbonyl (C=O) groups excluding carboxylic acids is 2. The smallest absolute Gasteiger partial charge is 0.325 e. The highest BCUT2D eigenvalue weighted by Crippen LogP contribution is 2.33. The van der Waals surface area contributed by atoms with Crippen molar-refractivity contribution in [2.45, 2.75) is 19.9 Å². The number of halogens is 2. The Balaban J connectivity index is 2.92. The van der Waals surface area contributed by atoms with Gasteiger partial charge in [-0.15, -0.1) is 11.3 Å². The van der Waals surface area contributed by atoms with Gasteiger partial charge < -0.3 is 9.64 Å². The number of esters is 1. The van der Waals surface area contributed by atoms with Crippen molar-refractivity contribution < 1.29 is 14.3 Å². The predicted molar refractivity (Wildman–Crippen MR) is 77.9 cm³/mol. The topological polar surface area (TPSA) is 46.6 Å². The van der Waals surface area contributed by atoms with Gasteiger partial charge in [0.15, 0.2) is 0 Å². The van der Waals surface area contributed by atoms with Gasteiger partial charge in [0, 0.05) is 10.5 Å². The van der Waals surface area contributed by atoms with Gasteiger partial charge in [-0.2, -0.15) is 0 Å². The third kappa shape index (κ3) is 3.80. The average molecular weight is 399 g/mol. The Morgan fingerprint density at radius 2 is 2.06 bits per heavy atom. The molecule has 0 aromatic carbocycles. The van der Waals surface area contributed by atoms with Crippen LogP contribution in [0.15, 0.2) is 14.3 Å². The zero-order chi connectivity index (χ0) is 13.9. The normalized spacial score (nSPS) is 10.6. The lowest BCUT2D eigenvalue weighted by Gasteiger charge is -2.24. The molecule has 7 heteroatoms. The van der Waals surface area contributed by atoms with Gasteiger partial charge in [0.05, 0.1) is 15.8 Å². The lowest BCUT2D eigenvalue weighted by Crippen LogP contribution is -2.40. The Morgan fingerprint density at radius 1 is 1.44 bits per heavy atom. The number of amides is 1. The summed E-state index contributed by atoms with van der Waals surface area (Å²) in [5.74, 6) is -0.599. The van der Waals surface area contributed by atoms with E-state index in [9.17, 15) is 9.59 Å². The van der Waals surface area contributed by atoms with Gasteiger partial charge in [-0.1, -0.05) is 0 Å². The van der Waals surface area contributed by atoms with Crippen molar-refractivity contribution in [1.82, 2.24) is 4.90 Å². The van der Waals surface area contributed by atoms with Crippen molar-refractivity contribution in [3.05, 3.63) is 19.2 Å². The molecule has 0 bridgehead atoms. The molecule has 1 heterocycles. The lowest BCUT2D eigenvalue weighted by atomic mass is 10.3. The predicted octanol–water partition coefficient (Wildman–Crippen LogP) is 3.30. The maximum Gasteiger partial charge on any atom is 0.325 e. The Labute approximate surface area is 127 Å². The maximum atomic E-state index is 12.3. The standard InChI is InChI=1S/C11H13Br2NO3S/c1-6(2)14(5-9(15)17-3)11(16)8-4-7(12)10(13)18-8/h4,6H,5H2,1-3H3. The molecule has 0 aliphatic carbocycles. The summed E-state index contributed by atoms with van der Waals surface area (Å²) in [4.78, 5) is 25.7. The monoisotopic (exact) mass is 397 g/mol. The first-order valence-corrected chi connectivity index (χ1v) is 7.59. The van der Waals surface area contributed by atoms with Crippen molar-refractivity contribution >= 4 is 55.1 Å². The van der Waals surface area contributed by atoms with E-state index in [1.54, 1.807) is 6.07 Å². The van der Waals surface area contributed by atoms with Crippen molar-refractivity contribution in [2.75, 3.05) is 13.7 Å². The van der Waals surface area contributed by atoms with Gasteiger partial charge in [-0.05, 0) is 51.8 Å². The molecule has 0 aliphatic rings. The number of carbonyl (C=O) groups is 2. The van der Waals surface area contributed by atoms with Crippen LogP contribution in [0.5, 0.6) is 0 Å². The molecule has 100 valence electrons. The lowest BCUT2D eigenvalue weighted by molar-refractivity contribution is -0.141. The van der Waals surface area contributed by atoms with Crippen LogP contribution in [0.4, 0.5) is 0 Å². The molecule has 1 aromatic heterocycles. The third-order valence-electron chi connectivity index (χ3n) is 2.27. The SMILES string of the molecule is COC(=O)CN(C(=O)c1cc(Br)c(Br)s1)C(C)C. The van der Waals surface area contributed by atoms with Crippen LogP contribution in [0.3, 0.4) is 0 Å². The second kappa shape index (κ2) is 6.68. The zero-order valence-corrected chi connectivity index (χ0v) is 14.2. The minimum absolute atomic E-state index is 0.0415. The Morgan fingerprint density at radius 3 is 2.44 bits per heavy atom. The fraction of sp³-hybridized carbons (Fsp3) is 0.455. The van der Waals surface area contributed by atoms with Crippen molar-refractivity contribution in [1.29, 1.82) is 0 Å². The van der Waals surface area contributed by atoms with Gasteiger partial charge in [0.25, 0.3) is 5.91 Å². The van der Waals surface area contributed by atoms with E-state index in [0.29, 0.717) is 4.88 Å². The van der Waals surface area contributed by atoms with Crippen molar-refractivity contribution in [3.63, 3.8) is 0 Å². The highest BCUT2D eigenvalue weighted by atomic mass is 79.9. The summed E-state index contributed by atoms with van der Waals surface area (Å²) in [6, 6.07) is 1.67. The van der Waals surface area contributed by atoms with E-state index >= 15 is 0 Å². The highest BCUT2D eigenvalue weighted by molar-refractivity contribution is 9.13. The molecule has 0 aliphatic heterocycles. The van der Waals surface area contributed by atoms with Gasteiger partial charge in [0.2, 0.25) is 0 Å². The van der Waals surface area contributed by atoms with E-state index in [1.165, 1.54) is 23.3 Å². The van der Waals surface area contributed by atoms with Gasteiger partial charge in [-0.25, -0.2) is 0 Å². The molecule has 0 saturated carbocycles. The maximum absolute atomic E-state index is 12.3. The molecule has 0 radical (unpaired) electrons. The van der Waals surface area contributed by atoms with E-state index in [2.05, 4.69) is 36.6 Å². The van der Waals surface area contributed by atoms with E-state index in [1.807, 2.05) is 13.8 Å². The van der Waals surface area contributed by atoms with Gasteiger partial charge >= 0.3 is 5.97 Å². The molecule has 0 fully saturated rings.